The lowest BCUT2D eigenvalue weighted by atomic mass is 9.97. The van der Waals surface area contributed by atoms with Crippen LogP contribution in [0.3, 0.4) is 0 Å². The molecular formula is C20H27P. The van der Waals surface area contributed by atoms with Crippen LogP contribution in [0.4, 0.5) is 0 Å². The molecule has 0 nitrogen and oxygen atoms in total. The molecular weight excluding hydrogens is 271 g/mol. The van der Waals surface area contributed by atoms with E-state index in [1.807, 2.05) is 0 Å². The van der Waals surface area contributed by atoms with Gasteiger partial charge in [-0.1, -0.05) is 82.1 Å². The molecule has 1 unspecified atom stereocenters. The molecule has 0 aliphatic heterocycles. The van der Waals surface area contributed by atoms with E-state index in [1.54, 1.807) is 0 Å². The van der Waals surface area contributed by atoms with E-state index in [1.165, 1.54) is 47.9 Å². The van der Waals surface area contributed by atoms with Crippen LogP contribution in [0.1, 0.15) is 51.2 Å². The van der Waals surface area contributed by atoms with Crippen LogP contribution in [0.25, 0.3) is 11.1 Å². The highest BCUT2D eigenvalue weighted by atomic mass is 31.0. The molecule has 0 saturated carbocycles. The minimum Gasteiger partial charge on any atom is -0.127 e. The van der Waals surface area contributed by atoms with Crippen LogP contribution in [0, 0.1) is 0 Å². The molecule has 0 amide bonds. The van der Waals surface area contributed by atoms with Crippen molar-refractivity contribution >= 4 is 9.24 Å². The molecule has 1 atom stereocenters. The molecule has 0 aromatic heterocycles. The maximum atomic E-state index is 2.90. The maximum Gasteiger partial charge on any atom is 0.00413 e. The summed E-state index contributed by atoms with van der Waals surface area (Å²) in [4.78, 5) is 0. The van der Waals surface area contributed by atoms with Gasteiger partial charge in [-0.2, -0.15) is 0 Å². The Labute approximate surface area is 132 Å². The van der Waals surface area contributed by atoms with Gasteiger partial charge in [0.2, 0.25) is 0 Å². The number of unbranched alkanes of at least 4 members (excludes halogenated alkanes) is 2. The van der Waals surface area contributed by atoms with Crippen LogP contribution < -0.4 is 0 Å². The van der Waals surface area contributed by atoms with Crippen molar-refractivity contribution in [1.82, 2.24) is 0 Å². The van der Waals surface area contributed by atoms with Crippen molar-refractivity contribution in [3.8, 4) is 11.1 Å². The topological polar surface area (TPSA) is 0 Å². The van der Waals surface area contributed by atoms with Gasteiger partial charge in [-0.25, -0.2) is 0 Å². The number of benzene rings is 2. The van der Waals surface area contributed by atoms with E-state index < -0.39 is 0 Å². The lowest BCUT2D eigenvalue weighted by Gasteiger charge is -2.19. The first kappa shape index (κ1) is 16.2. The average molecular weight is 298 g/mol. The van der Waals surface area contributed by atoms with Gasteiger partial charge in [0.05, 0.1) is 0 Å². The molecule has 21 heavy (non-hydrogen) atoms. The standard InChI is InChI=1S/C20H27P/c1-4-5-6-7-16-8-10-17(11-9-16)18-12-14-19(15-13-18)20(2,3)21/h8-15H,4-7,21H2,1-3H3. The molecule has 0 heterocycles. The van der Waals surface area contributed by atoms with E-state index in [2.05, 4.69) is 78.5 Å². The molecule has 0 N–H and O–H groups in total. The second-order valence-corrected chi connectivity index (χ2v) is 7.90. The second kappa shape index (κ2) is 7.23. The van der Waals surface area contributed by atoms with Crippen molar-refractivity contribution in [3.63, 3.8) is 0 Å². The van der Waals surface area contributed by atoms with Gasteiger partial charge in [0.25, 0.3) is 0 Å². The molecule has 2 aromatic rings. The van der Waals surface area contributed by atoms with Crippen LogP contribution in [-0.2, 0) is 11.6 Å². The number of hydrogen-bond donors (Lipinski definition) is 0. The number of aryl methyl sites for hydroxylation is 1. The molecule has 2 aromatic carbocycles. The average Bonchev–Trinajstić information content (AvgIpc) is 2.48. The molecule has 0 spiro atoms. The molecule has 0 bridgehead atoms. The highest BCUT2D eigenvalue weighted by molar-refractivity contribution is 7.18. The number of rotatable bonds is 6. The third kappa shape index (κ3) is 4.68. The third-order valence-corrected chi connectivity index (χ3v) is 4.32. The van der Waals surface area contributed by atoms with Crippen molar-refractivity contribution in [2.75, 3.05) is 0 Å². The maximum absolute atomic E-state index is 2.90. The smallest absolute Gasteiger partial charge is 0.00413 e. The molecule has 2 rings (SSSR count). The Bertz CT molecular complexity index is 544. The molecule has 112 valence electrons. The van der Waals surface area contributed by atoms with Gasteiger partial charge in [-0.3, -0.25) is 0 Å². The Morgan fingerprint density at radius 1 is 0.810 bits per heavy atom. The van der Waals surface area contributed by atoms with E-state index >= 15 is 0 Å². The van der Waals surface area contributed by atoms with E-state index in [0.29, 0.717) is 0 Å². The predicted molar refractivity (Wildman–Crippen MR) is 97.8 cm³/mol. The lowest BCUT2D eigenvalue weighted by molar-refractivity contribution is 0.717. The Balaban J connectivity index is 2.08. The zero-order valence-electron chi connectivity index (χ0n) is 13.5. The predicted octanol–water partition coefficient (Wildman–Crippen LogP) is 6.20. The number of hydrogen-bond acceptors (Lipinski definition) is 0. The van der Waals surface area contributed by atoms with Crippen molar-refractivity contribution in [2.24, 2.45) is 0 Å². The van der Waals surface area contributed by atoms with E-state index in [4.69, 9.17) is 0 Å². The summed E-state index contributed by atoms with van der Waals surface area (Å²) in [7, 11) is 2.90. The van der Waals surface area contributed by atoms with Crippen LogP contribution >= 0.6 is 9.24 Å². The fourth-order valence-corrected chi connectivity index (χ4v) is 2.73. The highest BCUT2D eigenvalue weighted by Crippen LogP contribution is 2.31. The first-order valence-corrected chi connectivity index (χ1v) is 8.57. The first-order valence-electron chi connectivity index (χ1n) is 7.99. The van der Waals surface area contributed by atoms with Crippen LogP contribution in [0.5, 0.6) is 0 Å². The van der Waals surface area contributed by atoms with E-state index in [-0.39, 0.29) is 5.16 Å². The molecule has 0 fully saturated rings. The van der Waals surface area contributed by atoms with Crippen molar-refractivity contribution < 1.29 is 0 Å². The quantitative estimate of drug-likeness (QED) is 0.440. The van der Waals surface area contributed by atoms with Crippen LogP contribution in [-0.4, -0.2) is 0 Å². The summed E-state index contributed by atoms with van der Waals surface area (Å²) >= 11 is 0. The second-order valence-electron chi connectivity index (χ2n) is 6.45. The zero-order chi connectivity index (χ0) is 15.3. The molecule has 1 heteroatoms. The summed E-state index contributed by atoms with van der Waals surface area (Å²) in [6.45, 7) is 6.69. The minimum atomic E-state index is 0.141. The minimum absolute atomic E-state index is 0.141. The lowest BCUT2D eigenvalue weighted by Crippen LogP contribution is -2.05. The Kier molecular flexibility index (Phi) is 5.59. The summed E-state index contributed by atoms with van der Waals surface area (Å²) in [5, 5.41) is 0.141. The monoisotopic (exact) mass is 298 g/mol. The summed E-state index contributed by atoms with van der Waals surface area (Å²) in [6, 6.07) is 18.0. The van der Waals surface area contributed by atoms with Gasteiger partial charge in [-0.15, -0.1) is 9.24 Å². The van der Waals surface area contributed by atoms with Gasteiger partial charge in [0.1, 0.15) is 0 Å². The Morgan fingerprint density at radius 2 is 1.33 bits per heavy atom. The summed E-state index contributed by atoms with van der Waals surface area (Å²) < 4.78 is 0. The van der Waals surface area contributed by atoms with Gasteiger partial charge >= 0.3 is 0 Å². The summed E-state index contributed by atoms with van der Waals surface area (Å²) in [5.74, 6) is 0. The SMILES string of the molecule is CCCCCc1ccc(-c2ccc(C(C)(C)P)cc2)cc1. The van der Waals surface area contributed by atoms with Crippen molar-refractivity contribution in [3.05, 3.63) is 59.7 Å². The first-order chi connectivity index (χ1) is 10.0. The summed E-state index contributed by atoms with van der Waals surface area (Å²) in [5.41, 5.74) is 5.41. The van der Waals surface area contributed by atoms with Gasteiger partial charge in [-0.05, 0) is 35.1 Å². The Morgan fingerprint density at radius 3 is 1.81 bits per heavy atom. The Hall–Kier alpha value is -1.13. The highest BCUT2D eigenvalue weighted by Gasteiger charge is 2.13. The van der Waals surface area contributed by atoms with Crippen LogP contribution in [0.2, 0.25) is 0 Å². The molecule has 0 aliphatic rings. The largest absolute Gasteiger partial charge is 0.127 e. The normalized spacial score (nSPS) is 11.6. The molecule has 0 saturated heterocycles. The van der Waals surface area contributed by atoms with Gasteiger partial charge < -0.3 is 0 Å². The zero-order valence-corrected chi connectivity index (χ0v) is 14.7. The van der Waals surface area contributed by atoms with Crippen molar-refractivity contribution in [2.45, 2.75) is 51.6 Å². The van der Waals surface area contributed by atoms with Crippen LogP contribution in [0.15, 0.2) is 48.5 Å². The van der Waals surface area contributed by atoms with Gasteiger partial charge in [0, 0.05) is 5.16 Å². The van der Waals surface area contributed by atoms with Gasteiger partial charge in [0.15, 0.2) is 0 Å². The molecule has 0 aliphatic carbocycles. The molecule has 0 radical (unpaired) electrons. The summed E-state index contributed by atoms with van der Waals surface area (Å²) in [6.07, 6.45) is 5.12. The van der Waals surface area contributed by atoms with E-state index in [0.717, 1.165) is 0 Å². The fourth-order valence-electron chi connectivity index (χ4n) is 2.54. The van der Waals surface area contributed by atoms with E-state index in [9.17, 15) is 0 Å². The third-order valence-electron chi connectivity index (χ3n) is 3.99. The van der Waals surface area contributed by atoms with Crippen molar-refractivity contribution in [1.29, 1.82) is 0 Å². The fraction of sp³-hybridized carbons (Fsp3) is 0.400.